The number of nitrogens with one attached hydrogen (secondary N) is 1. The van der Waals surface area contributed by atoms with Gasteiger partial charge >= 0.3 is 6.18 Å². The number of alkyl halides is 3. The summed E-state index contributed by atoms with van der Waals surface area (Å²) >= 11 is 0. The van der Waals surface area contributed by atoms with Crippen molar-refractivity contribution < 1.29 is 13.2 Å². The smallest absolute Gasteiger partial charge is 0.271 e. The largest absolute Gasteiger partial charge is 0.389 e. The normalized spacial score (nSPS) is 27.2. The average molecular weight is 266 g/mol. The van der Waals surface area contributed by atoms with Gasteiger partial charge in [-0.25, -0.2) is 0 Å². The molecule has 0 amide bonds. The first-order chi connectivity index (χ1) is 8.46. The molecule has 0 radical (unpaired) electrons. The molecule has 0 bridgehead atoms. The molecule has 3 N–H and O–H groups in total. The summed E-state index contributed by atoms with van der Waals surface area (Å²) in [5.41, 5.74) is 2.72. The monoisotopic (exact) mass is 266 g/mol. The van der Waals surface area contributed by atoms with Crippen LogP contribution < -0.4 is 11.3 Å². The summed E-state index contributed by atoms with van der Waals surface area (Å²) in [6.07, 6.45) is 1.75. The third-order valence-corrected chi connectivity index (χ3v) is 4.23. The van der Waals surface area contributed by atoms with Gasteiger partial charge in [-0.05, 0) is 37.5 Å². The fourth-order valence-corrected chi connectivity index (χ4v) is 2.98. The highest BCUT2D eigenvalue weighted by Crippen LogP contribution is 2.34. The molecule has 0 saturated heterocycles. The lowest BCUT2D eigenvalue weighted by atomic mass is 9.77. The van der Waals surface area contributed by atoms with Crippen LogP contribution in [0.5, 0.6) is 0 Å². The maximum absolute atomic E-state index is 12.1. The van der Waals surface area contributed by atoms with E-state index in [2.05, 4.69) is 12.3 Å². The van der Waals surface area contributed by atoms with Crippen molar-refractivity contribution in [1.82, 2.24) is 5.43 Å². The molecule has 0 aromatic carbocycles. The molecule has 1 saturated carbocycles. The predicted molar refractivity (Wildman–Crippen MR) is 66.8 cm³/mol. The maximum Gasteiger partial charge on any atom is 0.389 e. The Hall–Kier alpha value is -0.290. The molecule has 0 heterocycles. The van der Waals surface area contributed by atoms with Gasteiger partial charge in [-0.3, -0.25) is 11.3 Å². The second-order valence-corrected chi connectivity index (χ2v) is 5.47. The van der Waals surface area contributed by atoms with Gasteiger partial charge in [-0.1, -0.05) is 26.2 Å². The molecule has 0 aromatic rings. The van der Waals surface area contributed by atoms with E-state index in [-0.39, 0.29) is 12.5 Å². The molecule has 18 heavy (non-hydrogen) atoms. The zero-order chi connectivity index (χ0) is 13.6. The van der Waals surface area contributed by atoms with Crippen LogP contribution in [0.4, 0.5) is 13.2 Å². The summed E-state index contributed by atoms with van der Waals surface area (Å²) in [4.78, 5) is 0. The SMILES string of the molecule is CCC1CCC(C(CCCC(F)(F)F)NN)CC1. The van der Waals surface area contributed by atoms with E-state index in [1.54, 1.807) is 0 Å². The van der Waals surface area contributed by atoms with Gasteiger partial charge in [0, 0.05) is 12.5 Å². The van der Waals surface area contributed by atoms with E-state index in [0.29, 0.717) is 12.3 Å². The third kappa shape index (κ3) is 5.57. The van der Waals surface area contributed by atoms with Crippen LogP contribution in [-0.4, -0.2) is 12.2 Å². The number of rotatable bonds is 6. The molecule has 1 aliphatic carbocycles. The number of halogens is 3. The van der Waals surface area contributed by atoms with Gasteiger partial charge in [-0.15, -0.1) is 0 Å². The van der Waals surface area contributed by atoms with Crippen LogP contribution in [0, 0.1) is 11.8 Å². The summed E-state index contributed by atoms with van der Waals surface area (Å²) < 4.78 is 36.3. The number of hydrogen-bond donors (Lipinski definition) is 2. The summed E-state index contributed by atoms with van der Waals surface area (Å²) in [5.74, 6) is 6.74. The highest BCUT2D eigenvalue weighted by Gasteiger charge is 2.29. The first-order valence-corrected chi connectivity index (χ1v) is 6.99. The third-order valence-electron chi connectivity index (χ3n) is 4.23. The molecule has 1 fully saturated rings. The van der Waals surface area contributed by atoms with Gasteiger partial charge < -0.3 is 0 Å². The molecule has 0 aliphatic heterocycles. The van der Waals surface area contributed by atoms with Gasteiger partial charge in [0.1, 0.15) is 0 Å². The van der Waals surface area contributed by atoms with Crippen molar-refractivity contribution in [2.24, 2.45) is 17.7 Å². The van der Waals surface area contributed by atoms with Crippen LogP contribution in [0.25, 0.3) is 0 Å². The molecular weight excluding hydrogens is 241 g/mol. The average Bonchev–Trinajstić information content (AvgIpc) is 2.34. The molecule has 1 aliphatic rings. The van der Waals surface area contributed by atoms with Crippen LogP contribution in [0.2, 0.25) is 0 Å². The Kier molecular flexibility index (Phi) is 6.43. The summed E-state index contributed by atoms with van der Waals surface area (Å²) in [6, 6.07) is 0.0464. The van der Waals surface area contributed by atoms with Gasteiger partial charge in [-0.2, -0.15) is 13.2 Å². The predicted octanol–water partition coefficient (Wildman–Crippen LogP) is 3.77. The molecule has 5 heteroatoms. The lowest BCUT2D eigenvalue weighted by Gasteiger charge is -2.33. The first-order valence-electron chi connectivity index (χ1n) is 6.99. The quantitative estimate of drug-likeness (QED) is 0.567. The minimum absolute atomic E-state index is 0.0464. The fourth-order valence-electron chi connectivity index (χ4n) is 2.98. The van der Waals surface area contributed by atoms with Gasteiger partial charge in [0.25, 0.3) is 0 Å². The minimum atomic E-state index is -4.04. The Bertz CT molecular complexity index is 223. The maximum atomic E-state index is 12.1. The zero-order valence-corrected chi connectivity index (χ0v) is 11.1. The van der Waals surface area contributed by atoms with Crippen LogP contribution in [0.15, 0.2) is 0 Å². The van der Waals surface area contributed by atoms with Crippen LogP contribution >= 0.6 is 0 Å². The van der Waals surface area contributed by atoms with Crippen LogP contribution in [0.1, 0.15) is 58.3 Å². The standard InChI is InChI=1S/C13H25F3N2/c1-2-10-5-7-11(8-6-10)12(18-17)4-3-9-13(14,15)16/h10-12,18H,2-9,17H2,1H3. The molecule has 2 nitrogen and oxygen atoms in total. The first kappa shape index (κ1) is 15.8. The summed E-state index contributed by atoms with van der Waals surface area (Å²) in [7, 11) is 0. The molecule has 0 spiro atoms. The Labute approximate surface area is 107 Å². The summed E-state index contributed by atoms with van der Waals surface area (Å²) in [5, 5.41) is 0. The second kappa shape index (κ2) is 7.34. The molecule has 1 atom stereocenters. The van der Waals surface area contributed by atoms with E-state index in [9.17, 15) is 13.2 Å². The lowest BCUT2D eigenvalue weighted by Crippen LogP contribution is -2.42. The number of hydrazine groups is 1. The van der Waals surface area contributed by atoms with Crippen molar-refractivity contribution in [3.05, 3.63) is 0 Å². The Balaban J connectivity index is 2.29. The van der Waals surface area contributed by atoms with Crippen molar-refractivity contribution in [2.45, 2.75) is 70.5 Å². The Morgan fingerprint density at radius 2 is 1.83 bits per heavy atom. The fraction of sp³-hybridized carbons (Fsp3) is 1.00. The molecule has 1 unspecified atom stereocenters. The van der Waals surface area contributed by atoms with E-state index in [0.717, 1.165) is 18.8 Å². The van der Waals surface area contributed by atoms with Crippen molar-refractivity contribution in [2.75, 3.05) is 0 Å². The topological polar surface area (TPSA) is 38.0 Å². The highest BCUT2D eigenvalue weighted by molar-refractivity contribution is 4.80. The molecule has 108 valence electrons. The Morgan fingerprint density at radius 3 is 2.28 bits per heavy atom. The van der Waals surface area contributed by atoms with Gasteiger partial charge in [0.15, 0.2) is 0 Å². The second-order valence-electron chi connectivity index (χ2n) is 5.47. The van der Waals surface area contributed by atoms with Crippen molar-refractivity contribution in [3.8, 4) is 0 Å². The zero-order valence-electron chi connectivity index (χ0n) is 11.1. The Morgan fingerprint density at radius 1 is 1.22 bits per heavy atom. The van der Waals surface area contributed by atoms with Crippen LogP contribution in [-0.2, 0) is 0 Å². The van der Waals surface area contributed by atoms with Crippen LogP contribution in [0.3, 0.4) is 0 Å². The molecule has 0 aromatic heterocycles. The van der Waals surface area contributed by atoms with E-state index in [4.69, 9.17) is 5.84 Å². The number of hydrogen-bond acceptors (Lipinski definition) is 2. The molecular formula is C13H25F3N2. The van der Waals surface area contributed by atoms with Crippen molar-refractivity contribution >= 4 is 0 Å². The van der Waals surface area contributed by atoms with E-state index >= 15 is 0 Å². The van der Waals surface area contributed by atoms with Crippen molar-refractivity contribution in [3.63, 3.8) is 0 Å². The van der Waals surface area contributed by atoms with E-state index in [1.807, 2.05) is 0 Å². The van der Waals surface area contributed by atoms with E-state index < -0.39 is 12.6 Å². The highest BCUT2D eigenvalue weighted by atomic mass is 19.4. The van der Waals surface area contributed by atoms with E-state index in [1.165, 1.54) is 19.3 Å². The number of nitrogens with two attached hydrogens (primary N) is 1. The van der Waals surface area contributed by atoms with Crippen molar-refractivity contribution in [1.29, 1.82) is 0 Å². The molecule has 1 rings (SSSR count). The van der Waals surface area contributed by atoms with Gasteiger partial charge in [0.2, 0.25) is 0 Å². The minimum Gasteiger partial charge on any atom is -0.271 e. The summed E-state index contributed by atoms with van der Waals surface area (Å²) in [6.45, 7) is 2.20. The van der Waals surface area contributed by atoms with Gasteiger partial charge in [0.05, 0.1) is 0 Å². The lowest BCUT2D eigenvalue weighted by molar-refractivity contribution is -0.136.